The van der Waals surface area contributed by atoms with E-state index in [0.29, 0.717) is 32.2 Å². The van der Waals surface area contributed by atoms with Crippen LogP contribution in [0, 0.1) is 0 Å². The highest BCUT2D eigenvalue weighted by atomic mass is 16.6. The third-order valence-corrected chi connectivity index (χ3v) is 6.76. The summed E-state index contributed by atoms with van der Waals surface area (Å²) in [6.45, 7) is 5.16. The number of piperidine rings is 1. The second-order valence-corrected chi connectivity index (χ2v) is 8.71. The smallest absolute Gasteiger partial charge is 0.410 e. The molecule has 0 saturated carbocycles. The van der Waals surface area contributed by atoms with Crippen LogP contribution in [0.15, 0.2) is 66.9 Å². The van der Waals surface area contributed by atoms with Crippen LogP contribution in [-0.2, 0) is 16.8 Å². The van der Waals surface area contributed by atoms with E-state index < -0.39 is 0 Å². The molecule has 5 rings (SSSR count). The van der Waals surface area contributed by atoms with E-state index in [0.717, 1.165) is 36.1 Å². The van der Waals surface area contributed by atoms with Crippen molar-refractivity contribution in [2.75, 3.05) is 31.6 Å². The highest BCUT2D eigenvalue weighted by molar-refractivity contribution is 5.76. The SMILES string of the molecule is CCOc1ncccc1-c1ccc2c(c1)NCC21CCN(C(=O)OCc2ccccc2)CC1. The molecule has 2 aliphatic rings. The third-order valence-electron chi connectivity index (χ3n) is 6.76. The van der Waals surface area contributed by atoms with Gasteiger partial charge < -0.3 is 19.7 Å². The Hall–Kier alpha value is -3.54. The molecule has 0 bridgehead atoms. The summed E-state index contributed by atoms with van der Waals surface area (Å²) in [5, 5.41) is 3.62. The van der Waals surface area contributed by atoms with Crippen molar-refractivity contribution in [3.63, 3.8) is 0 Å². The number of carbonyl (C=O) groups is 1. The van der Waals surface area contributed by atoms with Crippen molar-refractivity contribution in [1.82, 2.24) is 9.88 Å². The van der Waals surface area contributed by atoms with Gasteiger partial charge in [-0.05, 0) is 54.7 Å². The van der Waals surface area contributed by atoms with Crippen LogP contribution in [0.5, 0.6) is 5.88 Å². The average Bonchev–Trinajstić information content (AvgIpc) is 3.21. The van der Waals surface area contributed by atoms with E-state index in [4.69, 9.17) is 9.47 Å². The van der Waals surface area contributed by atoms with Crippen LogP contribution in [-0.4, -0.2) is 42.2 Å². The van der Waals surface area contributed by atoms with Crippen LogP contribution in [0.3, 0.4) is 0 Å². The van der Waals surface area contributed by atoms with Crippen molar-refractivity contribution in [2.45, 2.75) is 31.8 Å². The predicted octanol–water partition coefficient (Wildman–Crippen LogP) is 5.24. The number of hydrogen-bond donors (Lipinski definition) is 1. The number of ether oxygens (including phenoxy) is 2. The van der Waals surface area contributed by atoms with Gasteiger partial charge in [-0.3, -0.25) is 0 Å². The molecule has 2 aromatic carbocycles. The maximum atomic E-state index is 12.6. The lowest BCUT2D eigenvalue weighted by atomic mass is 9.74. The number of aromatic nitrogens is 1. The molecule has 3 heterocycles. The minimum atomic E-state index is -0.227. The Morgan fingerprint density at radius 3 is 2.70 bits per heavy atom. The normalized spacial score (nSPS) is 16.2. The number of nitrogens with zero attached hydrogens (tertiary/aromatic N) is 2. The zero-order valence-corrected chi connectivity index (χ0v) is 18.9. The lowest BCUT2D eigenvalue weighted by Crippen LogP contribution is -2.46. The van der Waals surface area contributed by atoms with Crippen LogP contribution < -0.4 is 10.1 Å². The fraction of sp³-hybridized carbons (Fsp3) is 0.333. The Labute approximate surface area is 194 Å². The topological polar surface area (TPSA) is 63.7 Å². The van der Waals surface area contributed by atoms with Gasteiger partial charge in [-0.1, -0.05) is 42.5 Å². The molecule has 3 aromatic rings. The fourth-order valence-electron chi connectivity index (χ4n) is 4.92. The summed E-state index contributed by atoms with van der Waals surface area (Å²) in [6.07, 6.45) is 3.37. The Morgan fingerprint density at radius 2 is 1.91 bits per heavy atom. The molecule has 0 unspecified atom stereocenters. The first kappa shape index (κ1) is 21.3. The number of anilines is 1. The van der Waals surface area contributed by atoms with Gasteiger partial charge in [-0.2, -0.15) is 0 Å². The molecule has 1 spiro atoms. The van der Waals surface area contributed by atoms with Crippen molar-refractivity contribution < 1.29 is 14.3 Å². The third kappa shape index (κ3) is 4.25. The molecule has 170 valence electrons. The molecular formula is C27H29N3O3. The minimum Gasteiger partial charge on any atom is -0.478 e. The summed E-state index contributed by atoms with van der Waals surface area (Å²) >= 11 is 0. The highest BCUT2D eigenvalue weighted by Gasteiger charge is 2.42. The number of pyridine rings is 1. The summed E-state index contributed by atoms with van der Waals surface area (Å²) in [4.78, 5) is 18.8. The predicted molar refractivity (Wildman–Crippen MR) is 128 cm³/mol. The summed E-state index contributed by atoms with van der Waals surface area (Å²) in [6, 6.07) is 20.4. The van der Waals surface area contributed by atoms with Gasteiger partial charge in [0.05, 0.1) is 6.61 Å². The first-order valence-electron chi connectivity index (χ1n) is 11.6. The van der Waals surface area contributed by atoms with Gasteiger partial charge in [0.15, 0.2) is 0 Å². The zero-order valence-electron chi connectivity index (χ0n) is 18.9. The van der Waals surface area contributed by atoms with E-state index >= 15 is 0 Å². The quantitative estimate of drug-likeness (QED) is 0.584. The summed E-state index contributed by atoms with van der Waals surface area (Å²) in [5.74, 6) is 0.662. The Balaban J connectivity index is 1.26. The number of benzene rings is 2. The van der Waals surface area contributed by atoms with E-state index in [1.807, 2.05) is 54.3 Å². The Bertz CT molecular complexity index is 1120. The number of amides is 1. The summed E-state index contributed by atoms with van der Waals surface area (Å²) in [5.41, 5.74) is 5.66. The van der Waals surface area contributed by atoms with E-state index in [-0.39, 0.29) is 11.5 Å². The number of carbonyl (C=O) groups excluding carboxylic acids is 1. The average molecular weight is 444 g/mol. The van der Waals surface area contributed by atoms with Crippen molar-refractivity contribution in [3.8, 4) is 17.0 Å². The van der Waals surface area contributed by atoms with Crippen LogP contribution in [0.25, 0.3) is 11.1 Å². The molecule has 1 fully saturated rings. The summed E-state index contributed by atoms with van der Waals surface area (Å²) < 4.78 is 11.3. The molecular weight excluding hydrogens is 414 g/mol. The number of rotatable bonds is 5. The van der Waals surface area contributed by atoms with Crippen molar-refractivity contribution in [3.05, 3.63) is 78.0 Å². The lowest BCUT2D eigenvalue weighted by molar-refractivity contribution is 0.0794. The number of likely N-dealkylation sites (tertiary alicyclic amines) is 1. The Kier molecular flexibility index (Phi) is 5.90. The van der Waals surface area contributed by atoms with Crippen LogP contribution in [0.1, 0.15) is 30.9 Å². The Morgan fingerprint density at radius 1 is 1.09 bits per heavy atom. The van der Waals surface area contributed by atoms with Crippen LogP contribution in [0.4, 0.5) is 10.5 Å². The van der Waals surface area contributed by atoms with Crippen molar-refractivity contribution in [2.24, 2.45) is 0 Å². The molecule has 33 heavy (non-hydrogen) atoms. The van der Waals surface area contributed by atoms with Gasteiger partial charge in [0.25, 0.3) is 0 Å². The molecule has 1 saturated heterocycles. The monoisotopic (exact) mass is 443 g/mol. The molecule has 0 atom stereocenters. The van der Waals surface area contributed by atoms with Gasteiger partial charge in [0.2, 0.25) is 5.88 Å². The number of fused-ring (bicyclic) bond motifs is 2. The maximum absolute atomic E-state index is 12.6. The number of nitrogens with one attached hydrogen (secondary N) is 1. The van der Waals surface area contributed by atoms with Crippen LogP contribution >= 0.6 is 0 Å². The first-order valence-corrected chi connectivity index (χ1v) is 11.6. The van der Waals surface area contributed by atoms with Crippen LogP contribution in [0.2, 0.25) is 0 Å². The lowest BCUT2D eigenvalue weighted by Gasteiger charge is -2.38. The molecule has 2 aliphatic heterocycles. The van der Waals surface area contributed by atoms with Gasteiger partial charge in [0, 0.05) is 42.5 Å². The molecule has 1 N–H and O–H groups in total. The van der Waals surface area contributed by atoms with E-state index in [1.165, 1.54) is 11.3 Å². The maximum Gasteiger partial charge on any atom is 0.410 e. The highest BCUT2D eigenvalue weighted by Crippen LogP contribution is 2.45. The van der Waals surface area contributed by atoms with Gasteiger partial charge in [-0.15, -0.1) is 0 Å². The standard InChI is InChI=1S/C27H29N3O3/c1-2-32-25-22(9-6-14-28-25)21-10-11-23-24(17-21)29-19-27(23)12-15-30(16-13-27)26(31)33-18-20-7-4-3-5-8-20/h3-11,14,17,29H,2,12-13,15-16,18-19H2,1H3. The van der Waals surface area contributed by atoms with Crippen molar-refractivity contribution in [1.29, 1.82) is 0 Å². The molecule has 6 heteroatoms. The molecule has 1 amide bonds. The fourth-order valence-corrected chi connectivity index (χ4v) is 4.92. The molecule has 1 aromatic heterocycles. The molecule has 6 nitrogen and oxygen atoms in total. The number of hydrogen-bond acceptors (Lipinski definition) is 5. The van der Waals surface area contributed by atoms with E-state index in [2.05, 4.69) is 28.5 Å². The molecule has 0 radical (unpaired) electrons. The zero-order chi connectivity index (χ0) is 22.7. The summed E-state index contributed by atoms with van der Waals surface area (Å²) in [7, 11) is 0. The first-order chi connectivity index (χ1) is 16.2. The molecule has 0 aliphatic carbocycles. The van der Waals surface area contributed by atoms with Gasteiger partial charge in [-0.25, -0.2) is 9.78 Å². The minimum absolute atomic E-state index is 0.0573. The second-order valence-electron chi connectivity index (χ2n) is 8.71. The van der Waals surface area contributed by atoms with Gasteiger partial charge >= 0.3 is 6.09 Å². The van der Waals surface area contributed by atoms with Gasteiger partial charge in [0.1, 0.15) is 6.61 Å². The van der Waals surface area contributed by atoms with E-state index in [9.17, 15) is 4.79 Å². The second kappa shape index (κ2) is 9.14. The van der Waals surface area contributed by atoms with Crippen molar-refractivity contribution >= 4 is 11.8 Å². The van der Waals surface area contributed by atoms with E-state index in [1.54, 1.807) is 6.20 Å². The largest absolute Gasteiger partial charge is 0.478 e.